The van der Waals surface area contributed by atoms with Crippen LogP contribution in [0, 0.1) is 0 Å². The average molecular weight is 313 g/mol. The molecule has 1 aromatic carbocycles. The lowest BCUT2D eigenvalue weighted by atomic mass is 10.1. The summed E-state index contributed by atoms with van der Waals surface area (Å²) in [5.74, 6) is 0.891. The maximum atomic E-state index is 12.2. The normalized spacial score (nSPS) is 11.5. The fourth-order valence-corrected chi connectivity index (χ4v) is 2.95. The third-order valence-electron chi connectivity index (χ3n) is 2.21. The van der Waals surface area contributed by atoms with Crippen molar-refractivity contribution in [1.29, 1.82) is 0 Å². The van der Waals surface area contributed by atoms with Crippen LogP contribution in [0.5, 0.6) is 11.5 Å². The Hall–Kier alpha value is -0.730. The van der Waals surface area contributed by atoms with E-state index >= 15 is 0 Å². The van der Waals surface area contributed by atoms with Crippen molar-refractivity contribution in [3.63, 3.8) is 0 Å². The minimum Gasteiger partial charge on any atom is -0.496 e. The Bertz CT molecular complexity index is 427. The summed E-state index contributed by atoms with van der Waals surface area (Å²) in [5.41, 5.74) is 1.98. The van der Waals surface area contributed by atoms with E-state index in [4.69, 9.17) is 15.2 Å². The molecule has 0 atom stereocenters. The molecule has 0 amide bonds. The summed E-state index contributed by atoms with van der Waals surface area (Å²) in [4.78, 5) is 0.363. The number of hydrogen-bond acceptors (Lipinski definition) is 5. The third-order valence-corrected chi connectivity index (χ3v) is 4.33. The summed E-state index contributed by atoms with van der Waals surface area (Å²) in [5, 5.41) is 0. The number of hydrogen-bond donors (Lipinski definition) is 1. The van der Waals surface area contributed by atoms with Crippen LogP contribution in [0.3, 0.4) is 0 Å². The Kier molecular flexibility index (Phi) is 6.15. The molecule has 8 heteroatoms. The van der Waals surface area contributed by atoms with Gasteiger partial charge in [0.05, 0.1) is 19.1 Å². The summed E-state index contributed by atoms with van der Waals surface area (Å²) < 4.78 is 46.9. The fourth-order valence-electron chi connectivity index (χ4n) is 1.44. The minimum absolute atomic E-state index is 0.189. The van der Waals surface area contributed by atoms with Gasteiger partial charge in [-0.15, -0.1) is 0 Å². The molecule has 0 unspecified atom stereocenters. The van der Waals surface area contributed by atoms with Crippen molar-refractivity contribution in [2.45, 2.75) is 16.8 Å². The SMILES string of the molecule is COc1cc(SSC(F)(F)F)c(OC)cc1CCN. The highest BCUT2D eigenvalue weighted by Crippen LogP contribution is 2.48. The Morgan fingerprint density at radius 3 is 2.26 bits per heavy atom. The predicted molar refractivity (Wildman–Crippen MR) is 71.8 cm³/mol. The maximum Gasteiger partial charge on any atom is 0.452 e. The molecular formula is C11H14F3NO2S2. The summed E-state index contributed by atoms with van der Waals surface area (Å²) in [7, 11) is 3.28. The van der Waals surface area contributed by atoms with Crippen molar-refractivity contribution < 1.29 is 22.6 Å². The third kappa shape index (κ3) is 5.04. The second kappa shape index (κ2) is 7.16. The first-order valence-corrected chi connectivity index (χ1v) is 7.43. The quantitative estimate of drug-likeness (QED) is 0.815. The molecule has 0 radical (unpaired) electrons. The molecule has 0 bridgehead atoms. The summed E-state index contributed by atoms with van der Waals surface area (Å²) in [6.07, 6.45) is 0.566. The fraction of sp³-hybridized carbons (Fsp3) is 0.455. The van der Waals surface area contributed by atoms with Crippen molar-refractivity contribution in [2.75, 3.05) is 20.8 Å². The Morgan fingerprint density at radius 1 is 1.16 bits per heavy atom. The van der Waals surface area contributed by atoms with E-state index in [0.29, 0.717) is 40.2 Å². The molecule has 0 saturated carbocycles. The van der Waals surface area contributed by atoms with Crippen molar-refractivity contribution >= 4 is 21.6 Å². The molecule has 0 spiro atoms. The number of alkyl halides is 3. The van der Waals surface area contributed by atoms with Gasteiger partial charge in [-0.2, -0.15) is 13.2 Å². The first-order valence-electron chi connectivity index (χ1n) is 5.28. The molecule has 0 aliphatic heterocycles. The topological polar surface area (TPSA) is 44.5 Å². The Balaban J connectivity index is 3.02. The second-order valence-corrected chi connectivity index (χ2v) is 5.70. The zero-order chi connectivity index (χ0) is 14.5. The molecule has 1 aromatic rings. The van der Waals surface area contributed by atoms with Crippen LogP contribution >= 0.6 is 21.6 Å². The lowest BCUT2D eigenvalue weighted by Gasteiger charge is -2.14. The molecule has 0 fully saturated rings. The minimum atomic E-state index is -4.31. The first-order chi connectivity index (χ1) is 8.91. The van der Waals surface area contributed by atoms with Crippen LogP contribution in [0.1, 0.15) is 5.56 Å². The van der Waals surface area contributed by atoms with Crippen LogP contribution in [-0.2, 0) is 6.42 Å². The van der Waals surface area contributed by atoms with E-state index in [1.54, 1.807) is 6.07 Å². The highest BCUT2D eigenvalue weighted by Gasteiger charge is 2.30. The van der Waals surface area contributed by atoms with Crippen LogP contribution in [0.4, 0.5) is 13.2 Å². The van der Waals surface area contributed by atoms with Gasteiger partial charge in [-0.3, -0.25) is 0 Å². The summed E-state index contributed by atoms with van der Waals surface area (Å²) in [6.45, 7) is 0.420. The number of ether oxygens (including phenoxy) is 2. The Labute approximate surface area is 117 Å². The zero-order valence-electron chi connectivity index (χ0n) is 10.4. The van der Waals surface area contributed by atoms with Crippen LogP contribution < -0.4 is 15.2 Å². The van der Waals surface area contributed by atoms with Gasteiger partial charge in [0, 0.05) is 10.8 Å². The molecule has 0 saturated heterocycles. The van der Waals surface area contributed by atoms with E-state index in [9.17, 15) is 13.2 Å². The highest BCUT2D eigenvalue weighted by atomic mass is 33.1. The van der Waals surface area contributed by atoms with Crippen molar-refractivity contribution in [2.24, 2.45) is 5.73 Å². The highest BCUT2D eigenvalue weighted by molar-refractivity contribution is 8.77. The van der Waals surface area contributed by atoms with Crippen LogP contribution in [0.25, 0.3) is 0 Å². The van der Waals surface area contributed by atoms with E-state index in [1.165, 1.54) is 20.3 Å². The average Bonchev–Trinajstić information content (AvgIpc) is 2.36. The van der Waals surface area contributed by atoms with Gasteiger partial charge >= 0.3 is 5.51 Å². The molecule has 0 aliphatic carbocycles. The van der Waals surface area contributed by atoms with Gasteiger partial charge in [-0.25, -0.2) is 0 Å². The second-order valence-electron chi connectivity index (χ2n) is 3.47. The number of benzene rings is 1. The van der Waals surface area contributed by atoms with E-state index < -0.39 is 5.51 Å². The summed E-state index contributed by atoms with van der Waals surface area (Å²) in [6, 6.07) is 3.19. The molecule has 19 heavy (non-hydrogen) atoms. The standard InChI is InChI=1S/C11H14F3NO2S2/c1-16-8-6-10(18-19-11(12,13)14)9(17-2)5-7(8)3-4-15/h5-6H,3-4,15H2,1-2H3. The predicted octanol–water partition coefficient (Wildman–Crippen LogP) is 3.47. The van der Waals surface area contributed by atoms with E-state index in [1.807, 2.05) is 0 Å². The number of halogens is 3. The smallest absolute Gasteiger partial charge is 0.452 e. The molecule has 0 aliphatic rings. The largest absolute Gasteiger partial charge is 0.496 e. The molecule has 1 rings (SSSR count). The van der Waals surface area contributed by atoms with Crippen LogP contribution in [0.2, 0.25) is 0 Å². The van der Waals surface area contributed by atoms with Gasteiger partial charge in [0.2, 0.25) is 0 Å². The van der Waals surface area contributed by atoms with Crippen molar-refractivity contribution in [3.05, 3.63) is 17.7 Å². The lowest BCUT2D eigenvalue weighted by molar-refractivity contribution is -0.0311. The molecule has 108 valence electrons. The van der Waals surface area contributed by atoms with Crippen molar-refractivity contribution in [1.82, 2.24) is 0 Å². The van der Waals surface area contributed by atoms with Gasteiger partial charge in [-0.05, 0) is 41.5 Å². The van der Waals surface area contributed by atoms with E-state index in [2.05, 4.69) is 0 Å². The number of rotatable bonds is 6. The molecule has 0 aromatic heterocycles. The van der Waals surface area contributed by atoms with E-state index in [-0.39, 0.29) is 10.8 Å². The zero-order valence-corrected chi connectivity index (χ0v) is 12.0. The monoisotopic (exact) mass is 313 g/mol. The van der Waals surface area contributed by atoms with Gasteiger partial charge in [-0.1, -0.05) is 0 Å². The van der Waals surface area contributed by atoms with Crippen molar-refractivity contribution in [3.8, 4) is 11.5 Å². The van der Waals surface area contributed by atoms with Gasteiger partial charge in [0.25, 0.3) is 0 Å². The van der Waals surface area contributed by atoms with Gasteiger partial charge in [0.15, 0.2) is 0 Å². The first kappa shape index (κ1) is 16.3. The Morgan fingerprint density at radius 2 is 1.79 bits per heavy atom. The molecular weight excluding hydrogens is 299 g/mol. The lowest BCUT2D eigenvalue weighted by Crippen LogP contribution is -2.05. The molecule has 3 nitrogen and oxygen atoms in total. The maximum absolute atomic E-state index is 12.2. The van der Waals surface area contributed by atoms with Crippen LogP contribution in [-0.4, -0.2) is 26.3 Å². The van der Waals surface area contributed by atoms with Gasteiger partial charge < -0.3 is 15.2 Å². The summed E-state index contributed by atoms with van der Waals surface area (Å²) >= 11 is 0. The molecule has 0 heterocycles. The van der Waals surface area contributed by atoms with Crippen LogP contribution in [0.15, 0.2) is 17.0 Å². The van der Waals surface area contributed by atoms with E-state index in [0.717, 1.165) is 5.56 Å². The number of nitrogens with two attached hydrogens (primary N) is 1. The van der Waals surface area contributed by atoms with Gasteiger partial charge in [0.1, 0.15) is 11.5 Å². The molecule has 2 N–H and O–H groups in total. The number of methoxy groups -OCH3 is 2.